The number of rotatable bonds is 1. The predicted octanol–water partition coefficient (Wildman–Crippen LogP) is 0.757. The highest BCUT2D eigenvalue weighted by molar-refractivity contribution is 4.92. The first-order valence-electron chi connectivity index (χ1n) is 2.60. The zero-order valence-corrected chi connectivity index (χ0v) is 4.36. The summed E-state index contributed by atoms with van der Waals surface area (Å²) < 4.78 is 0. The third kappa shape index (κ3) is 0.548. The lowest BCUT2D eigenvalue weighted by Gasteiger charge is -1.75. The summed E-state index contributed by atoms with van der Waals surface area (Å²) in [6.45, 7) is 4.43. The van der Waals surface area contributed by atoms with Crippen molar-refractivity contribution in [3.8, 4) is 0 Å². The van der Waals surface area contributed by atoms with Crippen LogP contribution in [0.2, 0.25) is 0 Å². The summed E-state index contributed by atoms with van der Waals surface area (Å²) >= 11 is 0. The second-order valence-corrected chi connectivity index (χ2v) is 1.97. The van der Waals surface area contributed by atoms with Gasteiger partial charge in [0.15, 0.2) is 0 Å². The molecule has 6 heavy (non-hydrogen) atoms. The van der Waals surface area contributed by atoms with Crippen LogP contribution in [0.4, 0.5) is 0 Å². The van der Waals surface area contributed by atoms with E-state index in [2.05, 4.69) is 19.2 Å². The maximum absolute atomic E-state index is 3.28. The van der Waals surface area contributed by atoms with Crippen LogP contribution in [0.3, 0.4) is 0 Å². The largest absolute Gasteiger partial charge is 0.308 e. The Bertz CT molecular complexity index is 49.9. The van der Waals surface area contributed by atoms with E-state index in [0.717, 1.165) is 12.1 Å². The molecule has 1 nitrogen and oxygen atoms in total. The van der Waals surface area contributed by atoms with Crippen LogP contribution in [0.25, 0.3) is 0 Å². The molecule has 1 N–H and O–H groups in total. The van der Waals surface area contributed by atoms with Gasteiger partial charge in [0.25, 0.3) is 0 Å². The second-order valence-electron chi connectivity index (χ2n) is 1.97. The van der Waals surface area contributed by atoms with Gasteiger partial charge in [0.05, 0.1) is 0 Å². The van der Waals surface area contributed by atoms with E-state index in [-0.39, 0.29) is 0 Å². The molecule has 0 aliphatic carbocycles. The highest BCUT2D eigenvalue weighted by Crippen LogP contribution is 2.11. The molecule has 36 valence electrons. The quantitative estimate of drug-likeness (QED) is 0.466. The van der Waals surface area contributed by atoms with E-state index in [1.165, 1.54) is 6.42 Å². The highest BCUT2D eigenvalue weighted by atomic mass is 15.1. The Hall–Kier alpha value is -0.0400. The minimum absolute atomic E-state index is 0.815. The zero-order chi connectivity index (χ0) is 4.57. The minimum atomic E-state index is 0.815. The molecule has 0 saturated carbocycles. The van der Waals surface area contributed by atoms with Gasteiger partial charge in [0.1, 0.15) is 0 Å². The molecule has 2 atom stereocenters. The third-order valence-corrected chi connectivity index (χ3v) is 1.41. The lowest BCUT2D eigenvalue weighted by atomic mass is 10.3. The maximum Gasteiger partial charge on any atom is 0.0219 e. The molecule has 1 heterocycles. The molecule has 1 fully saturated rings. The van der Waals surface area contributed by atoms with Crippen molar-refractivity contribution in [3.63, 3.8) is 0 Å². The van der Waals surface area contributed by atoms with Crippen LogP contribution in [0.1, 0.15) is 20.3 Å². The van der Waals surface area contributed by atoms with Gasteiger partial charge < -0.3 is 5.32 Å². The fourth-order valence-electron chi connectivity index (χ4n) is 0.754. The molecule has 0 amide bonds. The van der Waals surface area contributed by atoms with Gasteiger partial charge in [0, 0.05) is 12.1 Å². The van der Waals surface area contributed by atoms with Crippen LogP contribution in [0.5, 0.6) is 0 Å². The SMILES string of the molecule is CC[C@H]1N[C@@H]1C. The molecule has 0 aromatic heterocycles. The molecule has 0 spiro atoms. The van der Waals surface area contributed by atoms with Gasteiger partial charge in [0.2, 0.25) is 0 Å². The van der Waals surface area contributed by atoms with Gasteiger partial charge in [-0.15, -0.1) is 0 Å². The Morgan fingerprint density at radius 3 is 2.17 bits per heavy atom. The summed E-state index contributed by atoms with van der Waals surface area (Å²) in [6.07, 6.45) is 1.29. The Balaban J connectivity index is 2.09. The fourth-order valence-corrected chi connectivity index (χ4v) is 0.754. The van der Waals surface area contributed by atoms with Gasteiger partial charge in [-0.05, 0) is 13.3 Å². The van der Waals surface area contributed by atoms with Gasteiger partial charge in [-0.3, -0.25) is 0 Å². The van der Waals surface area contributed by atoms with Crippen molar-refractivity contribution < 1.29 is 0 Å². The van der Waals surface area contributed by atoms with Crippen molar-refractivity contribution in [1.29, 1.82) is 0 Å². The van der Waals surface area contributed by atoms with Gasteiger partial charge in [-0.1, -0.05) is 6.92 Å². The van der Waals surface area contributed by atoms with Crippen LogP contribution in [-0.4, -0.2) is 12.1 Å². The van der Waals surface area contributed by atoms with Crippen molar-refractivity contribution in [3.05, 3.63) is 0 Å². The Labute approximate surface area is 38.7 Å². The van der Waals surface area contributed by atoms with Crippen molar-refractivity contribution >= 4 is 0 Å². The summed E-state index contributed by atoms with van der Waals surface area (Å²) in [7, 11) is 0. The molecule has 0 aromatic rings. The van der Waals surface area contributed by atoms with E-state index in [0.29, 0.717) is 0 Å². The average molecular weight is 85.1 g/mol. The van der Waals surface area contributed by atoms with Gasteiger partial charge in [-0.2, -0.15) is 0 Å². The number of nitrogens with one attached hydrogen (secondary N) is 1. The summed E-state index contributed by atoms with van der Waals surface area (Å²) in [5.74, 6) is 0. The second kappa shape index (κ2) is 1.23. The first kappa shape index (κ1) is 4.13. The molecule has 0 unspecified atom stereocenters. The average Bonchev–Trinajstić information content (AvgIpc) is 2.19. The Morgan fingerprint density at radius 2 is 2.17 bits per heavy atom. The first-order chi connectivity index (χ1) is 2.84. The third-order valence-electron chi connectivity index (χ3n) is 1.41. The van der Waals surface area contributed by atoms with Crippen molar-refractivity contribution in [2.24, 2.45) is 0 Å². The lowest BCUT2D eigenvalue weighted by Crippen LogP contribution is -1.83. The molecule has 1 saturated heterocycles. The van der Waals surface area contributed by atoms with Crippen molar-refractivity contribution in [1.82, 2.24) is 5.32 Å². The molecule has 1 heteroatoms. The van der Waals surface area contributed by atoms with Crippen molar-refractivity contribution in [2.75, 3.05) is 0 Å². The lowest BCUT2D eigenvalue weighted by molar-refractivity contribution is 0.871. The fraction of sp³-hybridized carbons (Fsp3) is 1.00. The Kier molecular flexibility index (Phi) is 0.845. The summed E-state index contributed by atoms with van der Waals surface area (Å²) in [6, 6.07) is 1.67. The Morgan fingerprint density at radius 1 is 1.67 bits per heavy atom. The van der Waals surface area contributed by atoms with E-state index in [1.807, 2.05) is 0 Å². The molecular formula is C5H11N. The molecule has 0 radical (unpaired) electrons. The van der Waals surface area contributed by atoms with Crippen molar-refractivity contribution in [2.45, 2.75) is 32.4 Å². The molecule has 0 bridgehead atoms. The van der Waals surface area contributed by atoms with Gasteiger partial charge >= 0.3 is 0 Å². The predicted molar refractivity (Wildman–Crippen MR) is 26.7 cm³/mol. The van der Waals surface area contributed by atoms with E-state index in [9.17, 15) is 0 Å². The standard InChI is InChI=1S/C5H11N/c1-3-5-4(2)6-5/h4-6H,3H2,1-2H3/t4-,5-/m1/s1. The molecular weight excluding hydrogens is 74.1 g/mol. The zero-order valence-electron chi connectivity index (χ0n) is 4.36. The molecule has 0 aromatic carbocycles. The normalized spacial score (nSPS) is 43.0. The van der Waals surface area contributed by atoms with Crippen LogP contribution in [0, 0.1) is 0 Å². The number of hydrogen-bond acceptors (Lipinski definition) is 1. The monoisotopic (exact) mass is 85.1 g/mol. The van der Waals surface area contributed by atoms with E-state index < -0.39 is 0 Å². The first-order valence-corrected chi connectivity index (χ1v) is 2.60. The van der Waals surface area contributed by atoms with E-state index >= 15 is 0 Å². The molecule has 1 aliphatic rings. The highest BCUT2D eigenvalue weighted by Gasteiger charge is 2.28. The van der Waals surface area contributed by atoms with E-state index in [4.69, 9.17) is 0 Å². The summed E-state index contributed by atoms with van der Waals surface area (Å²) in [5, 5.41) is 3.28. The maximum atomic E-state index is 3.28. The van der Waals surface area contributed by atoms with E-state index in [1.54, 1.807) is 0 Å². The molecule has 1 aliphatic heterocycles. The van der Waals surface area contributed by atoms with Crippen LogP contribution in [-0.2, 0) is 0 Å². The summed E-state index contributed by atoms with van der Waals surface area (Å²) in [4.78, 5) is 0. The topological polar surface area (TPSA) is 21.9 Å². The van der Waals surface area contributed by atoms with Gasteiger partial charge in [-0.25, -0.2) is 0 Å². The van der Waals surface area contributed by atoms with Crippen LogP contribution >= 0.6 is 0 Å². The smallest absolute Gasteiger partial charge is 0.0219 e. The minimum Gasteiger partial charge on any atom is -0.308 e. The van der Waals surface area contributed by atoms with Crippen LogP contribution in [0.15, 0.2) is 0 Å². The number of hydrogen-bond donors (Lipinski definition) is 1. The summed E-state index contributed by atoms with van der Waals surface area (Å²) in [5.41, 5.74) is 0. The molecule has 1 rings (SSSR count). The van der Waals surface area contributed by atoms with Crippen LogP contribution < -0.4 is 5.32 Å².